The van der Waals surface area contributed by atoms with E-state index in [9.17, 15) is 0 Å². The van der Waals surface area contributed by atoms with Crippen LogP contribution in [0, 0.1) is 11.3 Å². The van der Waals surface area contributed by atoms with Crippen LogP contribution in [0.3, 0.4) is 0 Å². The SMILES string of the molecule is COCCNCC(C)(Cc1cc(Br)cs1)C(C)C. The molecule has 0 radical (unpaired) electrons. The molecule has 0 aliphatic carbocycles. The van der Waals surface area contributed by atoms with Crippen molar-refractivity contribution >= 4 is 27.3 Å². The molecule has 0 aliphatic rings. The van der Waals surface area contributed by atoms with Gasteiger partial charge in [0.1, 0.15) is 0 Å². The van der Waals surface area contributed by atoms with Crippen molar-refractivity contribution in [3.05, 3.63) is 20.8 Å². The van der Waals surface area contributed by atoms with Crippen LogP contribution in [0.1, 0.15) is 25.6 Å². The van der Waals surface area contributed by atoms with Gasteiger partial charge in [-0.2, -0.15) is 0 Å². The van der Waals surface area contributed by atoms with Crippen molar-refractivity contribution in [1.29, 1.82) is 0 Å². The molecule has 104 valence electrons. The van der Waals surface area contributed by atoms with E-state index in [-0.39, 0.29) is 5.41 Å². The Morgan fingerprint density at radius 1 is 1.50 bits per heavy atom. The third kappa shape index (κ3) is 5.00. The minimum absolute atomic E-state index is 0.290. The zero-order valence-electron chi connectivity index (χ0n) is 11.8. The molecule has 2 nitrogen and oxygen atoms in total. The fraction of sp³-hybridized carbons (Fsp3) is 0.714. The molecule has 0 aromatic carbocycles. The van der Waals surface area contributed by atoms with E-state index in [0.717, 1.165) is 26.1 Å². The van der Waals surface area contributed by atoms with Gasteiger partial charge in [-0.3, -0.25) is 0 Å². The van der Waals surface area contributed by atoms with Crippen molar-refractivity contribution in [1.82, 2.24) is 5.32 Å². The number of methoxy groups -OCH3 is 1. The van der Waals surface area contributed by atoms with Crippen LogP contribution in [-0.2, 0) is 11.2 Å². The van der Waals surface area contributed by atoms with E-state index < -0.39 is 0 Å². The van der Waals surface area contributed by atoms with Gasteiger partial charge in [-0.1, -0.05) is 20.8 Å². The first kappa shape index (κ1) is 16.2. The molecule has 1 aromatic rings. The van der Waals surface area contributed by atoms with E-state index in [0.29, 0.717) is 5.92 Å². The molecule has 1 atom stereocenters. The number of halogens is 1. The van der Waals surface area contributed by atoms with Crippen LogP contribution < -0.4 is 5.32 Å². The molecule has 0 spiro atoms. The van der Waals surface area contributed by atoms with Gasteiger partial charge in [0.05, 0.1) is 6.61 Å². The van der Waals surface area contributed by atoms with Crippen LogP contribution in [0.25, 0.3) is 0 Å². The molecule has 1 heterocycles. The van der Waals surface area contributed by atoms with E-state index in [4.69, 9.17) is 4.74 Å². The summed E-state index contributed by atoms with van der Waals surface area (Å²) in [6.07, 6.45) is 1.13. The van der Waals surface area contributed by atoms with Crippen molar-refractivity contribution in [2.45, 2.75) is 27.2 Å². The largest absolute Gasteiger partial charge is 0.383 e. The van der Waals surface area contributed by atoms with Crippen molar-refractivity contribution in [2.24, 2.45) is 11.3 Å². The second kappa shape index (κ2) is 7.63. The lowest BCUT2D eigenvalue weighted by Crippen LogP contribution is -2.38. The van der Waals surface area contributed by atoms with Crippen LogP contribution in [0.4, 0.5) is 0 Å². The van der Waals surface area contributed by atoms with Gasteiger partial charge in [0.15, 0.2) is 0 Å². The van der Waals surface area contributed by atoms with E-state index in [1.807, 2.05) is 11.3 Å². The van der Waals surface area contributed by atoms with Crippen molar-refractivity contribution < 1.29 is 4.74 Å². The maximum Gasteiger partial charge on any atom is 0.0587 e. The van der Waals surface area contributed by atoms with Crippen LogP contribution in [0.2, 0.25) is 0 Å². The predicted molar refractivity (Wildman–Crippen MR) is 83.4 cm³/mol. The minimum Gasteiger partial charge on any atom is -0.383 e. The summed E-state index contributed by atoms with van der Waals surface area (Å²) in [6.45, 7) is 9.71. The third-order valence-electron chi connectivity index (χ3n) is 3.61. The monoisotopic (exact) mass is 333 g/mol. The summed E-state index contributed by atoms with van der Waals surface area (Å²) in [6, 6.07) is 2.24. The molecule has 1 unspecified atom stereocenters. The number of nitrogens with one attached hydrogen (secondary N) is 1. The van der Waals surface area contributed by atoms with Crippen LogP contribution in [-0.4, -0.2) is 26.8 Å². The Morgan fingerprint density at radius 2 is 2.22 bits per heavy atom. The summed E-state index contributed by atoms with van der Waals surface area (Å²) in [7, 11) is 1.74. The van der Waals surface area contributed by atoms with E-state index >= 15 is 0 Å². The van der Waals surface area contributed by atoms with Gasteiger partial charge < -0.3 is 10.1 Å². The summed E-state index contributed by atoms with van der Waals surface area (Å²) in [4.78, 5) is 1.45. The highest BCUT2D eigenvalue weighted by Crippen LogP contribution is 2.33. The average Bonchev–Trinajstić information content (AvgIpc) is 2.70. The summed E-state index contributed by atoms with van der Waals surface area (Å²) < 4.78 is 6.27. The number of rotatable bonds is 8. The summed E-state index contributed by atoms with van der Waals surface area (Å²) >= 11 is 5.37. The Hall–Kier alpha value is 0.1000. The molecule has 0 saturated carbocycles. The Bertz CT molecular complexity index is 353. The van der Waals surface area contributed by atoms with Crippen LogP contribution in [0.15, 0.2) is 15.9 Å². The number of ether oxygens (including phenoxy) is 1. The highest BCUT2D eigenvalue weighted by molar-refractivity contribution is 9.10. The molecule has 0 saturated heterocycles. The fourth-order valence-electron chi connectivity index (χ4n) is 1.86. The van der Waals surface area contributed by atoms with E-state index in [1.165, 1.54) is 9.35 Å². The van der Waals surface area contributed by atoms with Gasteiger partial charge in [-0.15, -0.1) is 11.3 Å². The van der Waals surface area contributed by atoms with Gasteiger partial charge in [-0.05, 0) is 39.8 Å². The van der Waals surface area contributed by atoms with Crippen molar-refractivity contribution in [2.75, 3.05) is 26.8 Å². The molecule has 1 aromatic heterocycles. The molecule has 18 heavy (non-hydrogen) atoms. The first-order valence-corrected chi connectivity index (χ1v) is 8.08. The first-order valence-electron chi connectivity index (χ1n) is 6.40. The van der Waals surface area contributed by atoms with Gasteiger partial charge in [0, 0.05) is 34.9 Å². The normalized spacial score (nSPS) is 15.0. The fourth-order valence-corrected chi connectivity index (χ4v) is 3.51. The predicted octanol–water partition coefficient (Wildman–Crippen LogP) is 3.95. The van der Waals surface area contributed by atoms with Gasteiger partial charge in [0.25, 0.3) is 0 Å². The Kier molecular flexibility index (Phi) is 6.85. The summed E-state index contributed by atoms with van der Waals surface area (Å²) in [5, 5.41) is 5.66. The molecular weight excluding hydrogens is 310 g/mol. The second-order valence-corrected chi connectivity index (χ2v) is 7.30. The lowest BCUT2D eigenvalue weighted by Gasteiger charge is -2.34. The van der Waals surface area contributed by atoms with E-state index in [2.05, 4.69) is 53.5 Å². The smallest absolute Gasteiger partial charge is 0.0587 e. The number of hydrogen-bond donors (Lipinski definition) is 1. The Labute approximate surface area is 123 Å². The highest BCUT2D eigenvalue weighted by atomic mass is 79.9. The topological polar surface area (TPSA) is 21.3 Å². The van der Waals surface area contributed by atoms with Crippen molar-refractivity contribution in [3.63, 3.8) is 0 Å². The van der Waals surface area contributed by atoms with Gasteiger partial charge >= 0.3 is 0 Å². The molecule has 1 N–H and O–H groups in total. The van der Waals surface area contributed by atoms with Crippen molar-refractivity contribution in [3.8, 4) is 0 Å². The lowest BCUT2D eigenvalue weighted by molar-refractivity contribution is 0.176. The number of thiophene rings is 1. The van der Waals surface area contributed by atoms with Gasteiger partial charge in [-0.25, -0.2) is 0 Å². The average molecular weight is 334 g/mol. The van der Waals surface area contributed by atoms with Crippen LogP contribution >= 0.6 is 27.3 Å². The molecular formula is C14H24BrNOS. The third-order valence-corrected chi connectivity index (χ3v) is 5.30. The molecule has 0 bridgehead atoms. The zero-order valence-corrected chi connectivity index (χ0v) is 14.2. The van der Waals surface area contributed by atoms with Crippen LogP contribution in [0.5, 0.6) is 0 Å². The Morgan fingerprint density at radius 3 is 2.72 bits per heavy atom. The maximum absolute atomic E-state index is 5.07. The molecule has 0 amide bonds. The maximum atomic E-state index is 5.07. The molecule has 0 aliphatic heterocycles. The van der Waals surface area contributed by atoms with E-state index in [1.54, 1.807) is 7.11 Å². The summed E-state index contributed by atoms with van der Waals surface area (Å²) in [5.74, 6) is 0.647. The highest BCUT2D eigenvalue weighted by Gasteiger charge is 2.28. The zero-order chi connectivity index (χ0) is 13.6. The quantitative estimate of drug-likeness (QED) is 0.727. The Balaban J connectivity index is 2.56. The first-order chi connectivity index (χ1) is 8.48. The van der Waals surface area contributed by atoms with Gasteiger partial charge in [0.2, 0.25) is 0 Å². The standard InChI is InChI=1S/C14H24BrNOS/c1-11(2)14(3,10-16-5-6-17-4)8-13-7-12(15)9-18-13/h7,9,11,16H,5-6,8,10H2,1-4H3. The lowest BCUT2D eigenvalue weighted by atomic mass is 9.76. The summed E-state index contributed by atoms with van der Waals surface area (Å²) in [5.41, 5.74) is 0.290. The molecule has 1 rings (SSSR count). The second-order valence-electron chi connectivity index (χ2n) is 5.39. The number of hydrogen-bond acceptors (Lipinski definition) is 3. The minimum atomic E-state index is 0.290. The molecule has 4 heteroatoms. The molecule has 0 fully saturated rings.